The molecule has 3 N–H and O–H groups in total. The number of alkyl halides is 2. The number of rotatable bonds is 13. The molecule has 0 radical (unpaired) electrons. The molecule has 9 heteroatoms. The number of aliphatic hydroxyl groups is 3. The van der Waals surface area contributed by atoms with Gasteiger partial charge in [0.25, 0.3) is 0 Å². The zero-order valence-electron chi connectivity index (χ0n) is 17.5. The third kappa shape index (κ3) is 7.50. The topological polar surface area (TPSA) is 85.6 Å². The van der Waals surface area contributed by atoms with Gasteiger partial charge in [-0.15, -0.1) is 23.2 Å². The summed E-state index contributed by atoms with van der Waals surface area (Å²) in [6, 6.07) is 8.47. The Morgan fingerprint density at radius 3 is 2.30 bits per heavy atom. The molecule has 1 unspecified atom stereocenters. The minimum absolute atomic E-state index is 0.230. The van der Waals surface area contributed by atoms with Gasteiger partial charge in [0.2, 0.25) is 0 Å². The van der Waals surface area contributed by atoms with Crippen LogP contribution < -0.4 is 4.90 Å². The van der Waals surface area contributed by atoms with Crippen molar-refractivity contribution in [1.82, 2.24) is 5.06 Å². The van der Waals surface area contributed by atoms with Gasteiger partial charge < -0.3 is 25.0 Å². The highest BCUT2D eigenvalue weighted by Gasteiger charge is 2.38. The van der Waals surface area contributed by atoms with Crippen molar-refractivity contribution in [3.8, 4) is 0 Å². The maximum absolute atomic E-state index is 10.0. The second kappa shape index (κ2) is 13.7. The van der Waals surface area contributed by atoms with E-state index in [2.05, 4.69) is 29.2 Å². The zero-order chi connectivity index (χ0) is 21.9. The second-order valence-electron chi connectivity index (χ2n) is 7.42. The van der Waals surface area contributed by atoms with E-state index in [1.54, 1.807) is 12.2 Å². The summed E-state index contributed by atoms with van der Waals surface area (Å²) in [6.45, 7) is 1.81. The van der Waals surface area contributed by atoms with E-state index >= 15 is 0 Å². The van der Waals surface area contributed by atoms with E-state index in [4.69, 9.17) is 32.8 Å². The molecule has 0 aromatic heterocycles. The molecule has 1 aliphatic heterocycles. The Hall–Kier alpha value is -0.640. The molecule has 0 spiro atoms. The quantitative estimate of drug-likeness (QED) is 0.233. The zero-order valence-corrected chi connectivity index (χ0v) is 19.0. The number of ether oxygens (including phenoxy) is 1. The maximum Gasteiger partial charge on any atom is 0.136 e. The Balaban J connectivity index is 1.79. The fraction of sp³-hybridized carbons (Fsp3) is 0.714. The van der Waals surface area contributed by atoms with Gasteiger partial charge in [0.05, 0.1) is 19.8 Å². The fourth-order valence-electron chi connectivity index (χ4n) is 3.67. The predicted octanol–water partition coefficient (Wildman–Crippen LogP) is 1.99. The van der Waals surface area contributed by atoms with E-state index in [-0.39, 0.29) is 13.0 Å². The number of benzene rings is 1. The number of nitrogens with zero attached hydrogens (tertiary/aromatic N) is 2. The van der Waals surface area contributed by atoms with E-state index in [0.29, 0.717) is 18.3 Å². The minimum atomic E-state index is -1.09. The Bertz CT molecular complexity index is 589. The first-order valence-corrected chi connectivity index (χ1v) is 11.5. The van der Waals surface area contributed by atoms with Crippen molar-refractivity contribution in [3.63, 3.8) is 0 Å². The van der Waals surface area contributed by atoms with E-state index in [9.17, 15) is 15.3 Å². The molecular weight excluding hydrogens is 431 g/mol. The standard InChI is InChI=1S/C21H34Cl2N2O5/c1-29-25(20-14-18(27)21(28)19(15-26)30-20)11-3-2-4-16-5-7-17(8-6-16)24(12-9-22)13-10-23/h5-8,18-21,26-28H,2-4,9-15H2,1H3/t18-,19-,20?,21+/m1/s1. The van der Waals surface area contributed by atoms with Crippen molar-refractivity contribution < 1.29 is 24.9 Å². The summed E-state index contributed by atoms with van der Waals surface area (Å²) in [6.07, 6.45) is -0.335. The van der Waals surface area contributed by atoms with Crippen LogP contribution in [-0.2, 0) is 16.0 Å². The Labute approximate surface area is 189 Å². The van der Waals surface area contributed by atoms with Crippen LogP contribution in [0.3, 0.4) is 0 Å². The molecule has 30 heavy (non-hydrogen) atoms. The summed E-state index contributed by atoms with van der Waals surface area (Å²) in [7, 11) is 1.56. The van der Waals surface area contributed by atoms with E-state index in [0.717, 1.165) is 38.0 Å². The van der Waals surface area contributed by atoms with Crippen molar-refractivity contribution in [3.05, 3.63) is 29.8 Å². The lowest BCUT2D eigenvalue weighted by Crippen LogP contribution is -2.54. The Morgan fingerprint density at radius 1 is 1.07 bits per heavy atom. The minimum Gasteiger partial charge on any atom is -0.394 e. The molecule has 7 nitrogen and oxygen atoms in total. The molecule has 0 amide bonds. The first-order chi connectivity index (χ1) is 14.5. The van der Waals surface area contributed by atoms with Crippen molar-refractivity contribution in [1.29, 1.82) is 0 Å². The number of halogens is 2. The average Bonchev–Trinajstić information content (AvgIpc) is 2.76. The van der Waals surface area contributed by atoms with Gasteiger partial charge in [-0.05, 0) is 37.0 Å². The third-order valence-electron chi connectivity index (χ3n) is 5.39. The molecule has 0 aliphatic carbocycles. The highest BCUT2D eigenvalue weighted by molar-refractivity contribution is 6.18. The van der Waals surface area contributed by atoms with Crippen LogP contribution in [0.2, 0.25) is 0 Å². The molecule has 1 fully saturated rings. The lowest BCUT2D eigenvalue weighted by atomic mass is 10.0. The molecule has 172 valence electrons. The van der Waals surface area contributed by atoms with Gasteiger partial charge in [0, 0.05) is 43.5 Å². The van der Waals surface area contributed by atoms with Crippen LogP contribution >= 0.6 is 23.2 Å². The summed E-state index contributed by atoms with van der Waals surface area (Å²) in [5, 5.41) is 30.9. The van der Waals surface area contributed by atoms with Crippen LogP contribution in [0.4, 0.5) is 5.69 Å². The van der Waals surface area contributed by atoms with Gasteiger partial charge in [-0.25, -0.2) is 0 Å². The fourth-order valence-corrected chi connectivity index (χ4v) is 4.07. The summed E-state index contributed by atoms with van der Waals surface area (Å²) in [5.41, 5.74) is 2.38. The van der Waals surface area contributed by atoms with Gasteiger partial charge in [-0.1, -0.05) is 12.1 Å². The first-order valence-electron chi connectivity index (χ1n) is 10.4. The van der Waals surface area contributed by atoms with Crippen LogP contribution in [0, 0.1) is 0 Å². The van der Waals surface area contributed by atoms with Gasteiger partial charge in [-0.2, -0.15) is 5.06 Å². The SMILES string of the molecule is CON(CCCCc1ccc(N(CCCl)CCCl)cc1)C1C[C@@H](O)[C@H](O)[C@@H](CO)O1. The number of aryl methyl sites for hydroxylation is 1. The number of hydrogen-bond donors (Lipinski definition) is 3. The van der Waals surface area contributed by atoms with Crippen molar-refractivity contribution >= 4 is 28.9 Å². The summed E-state index contributed by atoms with van der Waals surface area (Å²) >= 11 is 11.8. The summed E-state index contributed by atoms with van der Waals surface area (Å²) in [4.78, 5) is 7.59. The van der Waals surface area contributed by atoms with Crippen LogP contribution in [0.5, 0.6) is 0 Å². The predicted molar refractivity (Wildman–Crippen MR) is 119 cm³/mol. The first kappa shape index (κ1) is 25.6. The molecule has 2 rings (SSSR count). The van der Waals surface area contributed by atoms with Crippen molar-refractivity contribution in [2.45, 2.75) is 50.2 Å². The third-order valence-corrected chi connectivity index (χ3v) is 5.73. The number of aliphatic hydroxyl groups excluding tert-OH is 3. The summed E-state index contributed by atoms with van der Waals surface area (Å²) < 4.78 is 5.68. The molecule has 1 aromatic carbocycles. The number of hydrogen-bond acceptors (Lipinski definition) is 7. The number of hydroxylamine groups is 2. The largest absolute Gasteiger partial charge is 0.394 e. The smallest absolute Gasteiger partial charge is 0.136 e. The van der Waals surface area contributed by atoms with Gasteiger partial charge in [0.15, 0.2) is 0 Å². The number of unbranched alkanes of at least 4 members (excludes halogenated alkanes) is 1. The van der Waals surface area contributed by atoms with E-state index < -0.39 is 24.5 Å². The van der Waals surface area contributed by atoms with Crippen molar-refractivity contribution in [2.75, 3.05) is 50.0 Å². The van der Waals surface area contributed by atoms with Crippen LogP contribution in [0.1, 0.15) is 24.8 Å². The lowest BCUT2D eigenvalue weighted by molar-refractivity contribution is -0.295. The molecule has 4 atom stereocenters. The van der Waals surface area contributed by atoms with Gasteiger partial charge in [-0.3, -0.25) is 4.84 Å². The van der Waals surface area contributed by atoms with Crippen LogP contribution in [-0.4, -0.2) is 90.0 Å². The van der Waals surface area contributed by atoms with Crippen LogP contribution in [0.25, 0.3) is 0 Å². The highest BCUT2D eigenvalue weighted by Crippen LogP contribution is 2.23. The summed E-state index contributed by atoms with van der Waals surface area (Å²) in [5.74, 6) is 1.13. The number of anilines is 1. The molecule has 0 bridgehead atoms. The molecule has 0 saturated carbocycles. The molecule has 1 aliphatic rings. The average molecular weight is 465 g/mol. The monoisotopic (exact) mass is 464 g/mol. The highest BCUT2D eigenvalue weighted by atomic mass is 35.5. The van der Waals surface area contributed by atoms with Gasteiger partial charge >= 0.3 is 0 Å². The second-order valence-corrected chi connectivity index (χ2v) is 8.17. The Morgan fingerprint density at radius 2 is 1.73 bits per heavy atom. The molecule has 1 aromatic rings. The van der Waals surface area contributed by atoms with Gasteiger partial charge in [0.1, 0.15) is 18.4 Å². The molecular formula is C21H34Cl2N2O5. The lowest BCUT2D eigenvalue weighted by Gasteiger charge is -2.40. The normalized spacial score (nSPS) is 24.4. The Kier molecular flexibility index (Phi) is 11.7. The van der Waals surface area contributed by atoms with E-state index in [1.807, 2.05) is 0 Å². The van der Waals surface area contributed by atoms with E-state index in [1.165, 1.54) is 5.56 Å². The molecule has 1 saturated heterocycles. The van der Waals surface area contributed by atoms with Crippen molar-refractivity contribution in [2.24, 2.45) is 0 Å². The molecule has 1 heterocycles. The van der Waals surface area contributed by atoms with Crippen LogP contribution in [0.15, 0.2) is 24.3 Å². The maximum atomic E-state index is 10.0.